The third kappa shape index (κ3) is 2.52. The van der Waals surface area contributed by atoms with Crippen LogP contribution in [0.5, 0.6) is 0 Å². The molecule has 0 atom stereocenters. The van der Waals surface area contributed by atoms with E-state index in [9.17, 15) is 5.11 Å². The minimum absolute atomic E-state index is 0.00598. The van der Waals surface area contributed by atoms with Crippen LogP contribution in [0.15, 0.2) is 56.7 Å². The van der Waals surface area contributed by atoms with Gasteiger partial charge in [-0.1, -0.05) is 22.0 Å². The molecule has 3 rings (SSSR count). The standard InChI is InChI=1S/C15H11BrO2S/c16-11-3-4-13-10(8-11)9-14(18-13)12(5-6-17)15-2-1-7-19-15/h1-5,7-9,17H,6H2/b12-5-. The molecule has 19 heavy (non-hydrogen) atoms. The molecule has 0 aliphatic heterocycles. The molecule has 1 aromatic carbocycles. The first-order chi connectivity index (χ1) is 9.28. The lowest BCUT2D eigenvalue weighted by molar-refractivity contribution is 0.343. The maximum Gasteiger partial charge on any atom is 0.136 e. The Morgan fingerprint density at radius 2 is 2.21 bits per heavy atom. The van der Waals surface area contributed by atoms with Crippen LogP contribution in [-0.4, -0.2) is 11.7 Å². The summed E-state index contributed by atoms with van der Waals surface area (Å²) in [5, 5.41) is 12.3. The number of halogens is 1. The topological polar surface area (TPSA) is 33.4 Å². The van der Waals surface area contributed by atoms with E-state index in [1.54, 1.807) is 17.4 Å². The van der Waals surface area contributed by atoms with Crippen LogP contribution in [0, 0.1) is 0 Å². The monoisotopic (exact) mass is 334 g/mol. The van der Waals surface area contributed by atoms with E-state index < -0.39 is 0 Å². The van der Waals surface area contributed by atoms with E-state index in [4.69, 9.17) is 4.42 Å². The van der Waals surface area contributed by atoms with Crippen molar-refractivity contribution in [3.63, 3.8) is 0 Å². The van der Waals surface area contributed by atoms with Crippen LogP contribution in [0.1, 0.15) is 10.6 Å². The predicted octanol–water partition coefficient (Wildman–Crippen LogP) is 4.68. The van der Waals surface area contributed by atoms with Crippen LogP contribution in [0.4, 0.5) is 0 Å². The second kappa shape index (κ2) is 5.33. The van der Waals surface area contributed by atoms with E-state index in [2.05, 4.69) is 15.9 Å². The van der Waals surface area contributed by atoms with E-state index in [0.29, 0.717) is 0 Å². The van der Waals surface area contributed by atoms with Crippen molar-refractivity contribution in [3.8, 4) is 0 Å². The van der Waals surface area contributed by atoms with Crippen LogP contribution >= 0.6 is 27.3 Å². The molecule has 0 unspecified atom stereocenters. The fraction of sp³-hybridized carbons (Fsp3) is 0.0667. The zero-order valence-corrected chi connectivity index (χ0v) is 12.4. The van der Waals surface area contributed by atoms with Gasteiger partial charge in [0.25, 0.3) is 0 Å². The highest BCUT2D eigenvalue weighted by molar-refractivity contribution is 9.10. The Morgan fingerprint density at radius 3 is 2.95 bits per heavy atom. The molecule has 2 nitrogen and oxygen atoms in total. The normalized spacial score (nSPS) is 12.2. The molecule has 3 aromatic rings. The number of rotatable bonds is 3. The summed E-state index contributed by atoms with van der Waals surface area (Å²) >= 11 is 5.08. The molecule has 96 valence electrons. The van der Waals surface area contributed by atoms with Gasteiger partial charge >= 0.3 is 0 Å². The number of aliphatic hydroxyl groups is 1. The molecule has 0 saturated carbocycles. The number of thiophene rings is 1. The van der Waals surface area contributed by atoms with Crippen molar-refractivity contribution < 1.29 is 9.52 Å². The summed E-state index contributed by atoms with van der Waals surface area (Å²) in [7, 11) is 0. The molecule has 0 amide bonds. The van der Waals surface area contributed by atoms with E-state index in [0.717, 1.165) is 31.7 Å². The molecule has 0 aliphatic rings. The maximum atomic E-state index is 9.19. The Bertz CT molecular complexity index is 726. The van der Waals surface area contributed by atoms with Gasteiger partial charge in [0.05, 0.1) is 6.61 Å². The maximum absolute atomic E-state index is 9.19. The summed E-state index contributed by atoms with van der Waals surface area (Å²) in [4.78, 5) is 1.09. The van der Waals surface area contributed by atoms with Crippen molar-refractivity contribution in [3.05, 3.63) is 63.0 Å². The van der Waals surface area contributed by atoms with Crippen LogP contribution in [0.3, 0.4) is 0 Å². The molecule has 0 spiro atoms. The quantitative estimate of drug-likeness (QED) is 0.754. The zero-order chi connectivity index (χ0) is 13.2. The van der Waals surface area contributed by atoms with E-state index in [1.807, 2.05) is 41.8 Å². The van der Waals surface area contributed by atoms with Crippen molar-refractivity contribution in [1.82, 2.24) is 0 Å². The molecule has 0 saturated heterocycles. The predicted molar refractivity (Wildman–Crippen MR) is 82.4 cm³/mol. The highest BCUT2D eigenvalue weighted by Gasteiger charge is 2.11. The van der Waals surface area contributed by atoms with Gasteiger partial charge in [0, 0.05) is 20.3 Å². The lowest BCUT2D eigenvalue weighted by atomic mass is 10.1. The van der Waals surface area contributed by atoms with Crippen LogP contribution in [0.2, 0.25) is 0 Å². The van der Waals surface area contributed by atoms with E-state index in [1.165, 1.54) is 0 Å². The summed E-state index contributed by atoms with van der Waals surface area (Å²) < 4.78 is 6.89. The fourth-order valence-electron chi connectivity index (χ4n) is 1.99. The van der Waals surface area contributed by atoms with Crippen molar-refractivity contribution in [1.29, 1.82) is 0 Å². The Balaban J connectivity index is 2.13. The van der Waals surface area contributed by atoms with E-state index >= 15 is 0 Å². The van der Waals surface area contributed by atoms with Gasteiger partial charge < -0.3 is 9.52 Å². The summed E-state index contributed by atoms with van der Waals surface area (Å²) in [6.45, 7) is -0.00598. The minimum atomic E-state index is -0.00598. The highest BCUT2D eigenvalue weighted by atomic mass is 79.9. The fourth-order valence-corrected chi connectivity index (χ4v) is 3.14. The third-order valence-electron chi connectivity index (χ3n) is 2.83. The Kier molecular flexibility index (Phi) is 3.55. The molecule has 2 aromatic heterocycles. The number of benzene rings is 1. The smallest absolute Gasteiger partial charge is 0.136 e. The van der Waals surface area contributed by atoms with Gasteiger partial charge in [-0.3, -0.25) is 0 Å². The molecule has 1 N–H and O–H groups in total. The van der Waals surface area contributed by atoms with Crippen LogP contribution in [0.25, 0.3) is 16.5 Å². The largest absolute Gasteiger partial charge is 0.456 e. The Labute approximate surface area is 123 Å². The summed E-state index contributed by atoms with van der Waals surface area (Å²) in [6, 6.07) is 11.9. The molecule has 2 heterocycles. The molecule has 0 aliphatic carbocycles. The third-order valence-corrected chi connectivity index (χ3v) is 4.22. The van der Waals surface area contributed by atoms with Crippen molar-refractivity contribution >= 4 is 43.8 Å². The first-order valence-electron chi connectivity index (χ1n) is 5.82. The highest BCUT2D eigenvalue weighted by Crippen LogP contribution is 2.32. The summed E-state index contributed by atoms with van der Waals surface area (Å²) in [5.41, 5.74) is 1.78. The van der Waals surface area contributed by atoms with Gasteiger partial charge in [0.1, 0.15) is 11.3 Å². The van der Waals surface area contributed by atoms with Gasteiger partial charge in [-0.05, 0) is 41.8 Å². The first-order valence-corrected chi connectivity index (χ1v) is 7.49. The summed E-state index contributed by atoms with van der Waals surface area (Å²) in [5.74, 6) is 0.782. The molecule has 0 fully saturated rings. The lowest BCUT2D eigenvalue weighted by Crippen LogP contribution is -1.84. The average Bonchev–Trinajstić information content (AvgIpc) is 3.04. The van der Waals surface area contributed by atoms with Gasteiger partial charge in [0.2, 0.25) is 0 Å². The van der Waals surface area contributed by atoms with Crippen molar-refractivity contribution in [2.45, 2.75) is 0 Å². The number of fused-ring (bicyclic) bond motifs is 1. The van der Waals surface area contributed by atoms with Gasteiger partial charge in [0.15, 0.2) is 0 Å². The average molecular weight is 335 g/mol. The number of hydrogen-bond donors (Lipinski definition) is 1. The van der Waals surface area contributed by atoms with E-state index in [-0.39, 0.29) is 6.61 Å². The molecular weight excluding hydrogens is 324 g/mol. The van der Waals surface area contributed by atoms with Gasteiger partial charge in [-0.2, -0.15) is 0 Å². The first kappa shape index (κ1) is 12.7. The molecular formula is C15H11BrO2S. The summed E-state index contributed by atoms with van der Waals surface area (Å²) in [6.07, 6.45) is 1.78. The van der Waals surface area contributed by atoms with Gasteiger partial charge in [-0.15, -0.1) is 11.3 Å². The van der Waals surface area contributed by atoms with Crippen LogP contribution in [-0.2, 0) is 0 Å². The molecule has 4 heteroatoms. The Morgan fingerprint density at radius 1 is 1.32 bits per heavy atom. The molecule has 0 bridgehead atoms. The zero-order valence-electron chi connectivity index (χ0n) is 9.97. The molecule has 0 radical (unpaired) electrons. The SMILES string of the molecule is OC/C=C(/c1cc2cc(Br)ccc2o1)c1cccs1. The van der Waals surface area contributed by atoms with Crippen LogP contribution < -0.4 is 0 Å². The Hall–Kier alpha value is -1.36. The second-order valence-corrected chi connectivity index (χ2v) is 5.93. The van der Waals surface area contributed by atoms with Crippen molar-refractivity contribution in [2.24, 2.45) is 0 Å². The van der Waals surface area contributed by atoms with Crippen molar-refractivity contribution in [2.75, 3.05) is 6.61 Å². The second-order valence-electron chi connectivity index (χ2n) is 4.07. The lowest BCUT2D eigenvalue weighted by Gasteiger charge is -2.00. The number of hydrogen-bond acceptors (Lipinski definition) is 3. The van der Waals surface area contributed by atoms with Gasteiger partial charge in [-0.25, -0.2) is 0 Å². The number of aliphatic hydroxyl groups excluding tert-OH is 1. The number of furan rings is 1. The minimum Gasteiger partial charge on any atom is -0.456 e.